The lowest BCUT2D eigenvalue weighted by atomic mass is 10.1. The summed E-state index contributed by atoms with van der Waals surface area (Å²) in [5.74, 6) is 1.27. The molecule has 1 aliphatic rings. The largest absolute Gasteiger partial charge is 0.373 e. The van der Waals surface area contributed by atoms with E-state index in [4.69, 9.17) is 9.97 Å². The molecule has 0 amide bonds. The number of likely N-dealkylation sites (N-methyl/N-ethyl adjacent to an activating group) is 2. The molecule has 3 aromatic heterocycles. The van der Waals surface area contributed by atoms with Crippen LogP contribution in [0.4, 0.5) is 11.6 Å². The predicted octanol–water partition coefficient (Wildman–Crippen LogP) is 4.02. The number of anilines is 2. The van der Waals surface area contributed by atoms with Crippen molar-refractivity contribution in [3.05, 3.63) is 89.6 Å². The molecule has 182 valence electrons. The molecule has 4 aromatic rings. The Morgan fingerprint density at radius 1 is 0.806 bits per heavy atom. The highest BCUT2D eigenvalue weighted by atomic mass is 15.3. The maximum Gasteiger partial charge on any atom is 0.226 e. The first-order valence-corrected chi connectivity index (χ1v) is 12.0. The number of aromatic nitrogens is 5. The van der Waals surface area contributed by atoms with Crippen LogP contribution in [0.2, 0.25) is 0 Å². The van der Waals surface area contributed by atoms with E-state index < -0.39 is 0 Å². The van der Waals surface area contributed by atoms with Gasteiger partial charge in [-0.15, -0.1) is 0 Å². The highest BCUT2D eigenvalue weighted by molar-refractivity contribution is 5.68. The van der Waals surface area contributed by atoms with Gasteiger partial charge in [-0.2, -0.15) is 0 Å². The predicted molar refractivity (Wildman–Crippen MR) is 144 cm³/mol. The van der Waals surface area contributed by atoms with Crippen molar-refractivity contribution in [1.29, 1.82) is 0 Å². The Balaban J connectivity index is 1.31. The number of hydrogen-bond acceptors (Lipinski definition) is 8. The highest BCUT2D eigenvalue weighted by Gasteiger charge is 2.22. The van der Waals surface area contributed by atoms with Crippen LogP contribution in [0.25, 0.3) is 23.7 Å². The number of benzene rings is 1. The minimum absolute atomic E-state index is 0.581. The zero-order valence-corrected chi connectivity index (χ0v) is 20.9. The molecule has 0 radical (unpaired) electrons. The summed E-state index contributed by atoms with van der Waals surface area (Å²) in [4.78, 5) is 29.3. The minimum atomic E-state index is 0.581. The summed E-state index contributed by atoms with van der Waals surface area (Å²) in [5, 5.41) is 0. The van der Waals surface area contributed by atoms with Crippen LogP contribution in [0.5, 0.6) is 0 Å². The molecule has 0 unspecified atom stereocenters. The molecular weight excluding hydrogens is 448 g/mol. The van der Waals surface area contributed by atoms with Gasteiger partial charge in [0.05, 0.1) is 5.69 Å². The van der Waals surface area contributed by atoms with Crippen molar-refractivity contribution >= 4 is 23.8 Å². The van der Waals surface area contributed by atoms with Crippen molar-refractivity contribution < 1.29 is 0 Å². The van der Waals surface area contributed by atoms with Crippen molar-refractivity contribution in [2.24, 2.45) is 0 Å². The Morgan fingerprint density at radius 2 is 1.61 bits per heavy atom. The van der Waals surface area contributed by atoms with E-state index in [9.17, 15) is 0 Å². The van der Waals surface area contributed by atoms with Gasteiger partial charge in [-0.05, 0) is 73.3 Å². The smallest absolute Gasteiger partial charge is 0.226 e. The molecule has 8 nitrogen and oxygen atoms in total. The average Bonchev–Trinajstić information content (AvgIpc) is 3.35. The Bertz CT molecular complexity index is 1350. The zero-order valence-electron chi connectivity index (χ0n) is 20.9. The normalized spacial score (nSPS) is 12.9. The molecule has 1 aliphatic heterocycles. The van der Waals surface area contributed by atoms with E-state index in [2.05, 4.69) is 69.0 Å². The van der Waals surface area contributed by atoms with Crippen LogP contribution in [-0.4, -0.2) is 64.1 Å². The van der Waals surface area contributed by atoms with Gasteiger partial charge in [0.1, 0.15) is 5.69 Å². The van der Waals surface area contributed by atoms with Gasteiger partial charge >= 0.3 is 0 Å². The Morgan fingerprint density at radius 3 is 2.44 bits per heavy atom. The van der Waals surface area contributed by atoms with Gasteiger partial charge in [-0.1, -0.05) is 12.1 Å². The third kappa shape index (κ3) is 5.55. The minimum Gasteiger partial charge on any atom is -0.373 e. The summed E-state index contributed by atoms with van der Waals surface area (Å²) in [6, 6.07) is 14.4. The van der Waals surface area contributed by atoms with Crippen LogP contribution in [0.3, 0.4) is 0 Å². The summed E-state index contributed by atoms with van der Waals surface area (Å²) >= 11 is 0. The Labute approximate surface area is 212 Å². The number of rotatable bonds is 8. The third-order valence-corrected chi connectivity index (χ3v) is 6.22. The van der Waals surface area contributed by atoms with Gasteiger partial charge in [-0.3, -0.25) is 4.98 Å². The van der Waals surface area contributed by atoms with E-state index in [1.54, 1.807) is 24.8 Å². The lowest BCUT2D eigenvalue weighted by Gasteiger charge is -2.22. The van der Waals surface area contributed by atoms with Crippen LogP contribution in [-0.2, 0) is 13.1 Å². The standard InChI is InChI=1S/C28H30N8/c1-34(2)16-17-35(3)25-7-5-22-19-36(20-23(22)18-25)28-31-15-11-26(33-28)27-30-14-10-24(32-27)6-4-21-8-12-29-13-9-21/h4-15,18H,16-17,19-20H2,1-3H3/b6-4+. The molecule has 0 N–H and O–H groups in total. The molecule has 4 heterocycles. The van der Waals surface area contributed by atoms with Gasteiger partial charge in [0.25, 0.3) is 0 Å². The molecule has 0 saturated heterocycles. The molecule has 36 heavy (non-hydrogen) atoms. The fourth-order valence-corrected chi connectivity index (χ4v) is 4.11. The van der Waals surface area contributed by atoms with E-state index in [1.165, 1.54) is 16.8 Å². The summed E-state index contributed by atoms with van der Waals surface area (Å²) in [5.41, 5.74) is 6.45. The Kier molecular flexibility index (Phi) is 6.95. The summed E-state index contributed by atoms with van der Waals surface area (Å²) in [6.07, 6.45) is 11.1. The molecule has 0 saturated carbocycles. The van der Waals surface area contributed by atoms with Crippen molar-refractivity contribution in [2.75, 3.05) is 44.0 Å². The Hall–Kier alpha value is -4.17. The quantitative estimate of drug-likeness (QED) is 0.376. The van der Waals surface area contributed by atoms with Gasteiger partial charge < -0.3 is 14.7 Å². The first-order valence-electron chi connectivity index (χ1n) is 12.0. The van der Waals surface area contributed by atoms with E-state index in [1.807, 2.05) is 36.4 Å². The topological polar surface area (TPSA) is 74.2 Å². The second-order valence-electron chi connectivity index (χ2n) is 9.19. The maximum absolute atomic E-state index is 4.82. The van der Waals surface area contributed by atoms with E-state index in [0.29, 0.717) is 17.5 Å². The van der Waals surface area contributed by atoms with Gasteiger partial charge in [0.2, 0.25) is 5.95 Å². The second kappa shape index (κ2) is 10.6. The van der Waals surface area contributed by atoms with E-state index in [-0.39, 0.29) is 0 Å². The fraction of sp³-hybridized carbons (Fsp3) is 0.250. The van der Waals surface area contributed by atoms with Crippen molar-refractivity contribution in [3.63, 3.8) is 0 Å². The lowest BCUT2D eigenvalue weighted by Crippen LogP contribution is -2.28. The number of pyridine rings is 1. The number of fused-ring (bicyclic) bond motifs is 1. The zero-order chi connectivity index (χ0) is 24.9. The summed E-state index contributed by atoms with van der Waals surface area (Å²) < 4.78 is 0. The fourth-order valence-electron chi connectivity index (χ4n) is 4.11. The first-order chi connectivity index (χ1) is 17.5. The number of nitrogens with zero attached hydrogens (tertiary/aromatic N) is 8. The molecule has 8 heteroatoms. The van der Waals surface area contributed by atoms with Crippen molar-refractivity contribution in [3.8, 4) is 11.5 Å². The van der Waals surface area contributed by atoms with Crippen LogP contribution in [0.1, 0.15) is 22.4 Å². The van der Waals surface area contributed by atoms with Gasteiger partial charge in [-0.25, -0.2) is 19.9 Å². The molecule has 5 rings (SSSR count). The average molecular weight is 479 g/mol. The van der Waals surface area contributed by atoms with Crippen LogP contribution in [0, 0.1) is 0 Å². The molecule has 0 bridgehead atoms. The van der Waals surface area contributed by atoms with Crippen LogP contribution < -0.4 is 9.80 Å². The summed E-state index contributed by atoms with van der Waals surface area (Å²) in [6.45, 7) is 3.57. The molecular formula is C28H30N8. The lowest BCUT2D eigenvalue weighted by molar-refractivity contribution is 0.416. The summed E-state index contributed by atoms with van der Waals surface area (Å²) in [7, 11) is 6.34. The van der Waals surface area contributed by atoms with Crippen molar-refractivity contribution in [2.45, 2.75) is 13.1 Å². The van der Waals surface area contributed by atoms with E-state index in [0.717, 1.165) is 37.4 Å². The molecule has 1 aromatic carbocycles. The maximum atomic E-state index is 4.82. The van der Waals surface area contributed by atoms with Crippen molar-refractivity contribution in [1.82, 2.24) is 29.8 Å². The first kappa shape index (κ1) is 23.6. The van der Waals surface area contributed by atoms with E-state index >= 15 is 0 Å². The molecule has 0 spiro atoms. The van der Waals surface area contributed by atoms with Gasteiger partial charge in [0, 0.05) is 63.7 Å². The third-order valence-electron chi connectivity index (χ3n) is 6.22. The highest BCUT2D eigenvalue weighted by Crippen LogP contribution is 2.30. The second-order valence-corrected chi connectivity index (χ2v) is 9.19. The van der Waals surface area contributed by atoms with Crippen LogP contribution >= 0.6 is 0 Å². The van der Waals surface area contributed by atoms with Crippen LogP contribution in [0.15, 0.2) is 67.3 Å². The molecule has 0 atom stereocenters. The SMILES string of the molecule is CN(C)CCN(C)c1ccc2c(c1)CN(c1nccc(-c3nccc(/C=C/c4ccncc4)n3)n1)C2. The molecule has 0 aliphatic carbocycles. The molecule has 0 fully saturated rings. The monoisotopic (exact) mass is 478 g/mol. The van der Waals surface area contributed by atoms with Gasteiger partial charge in [0.15, 0.2) is 5.82 Å². The number of hydrogen-bond donors (Lipinski definition) is 0.